The summed E-state index contributed by atoms with van der Waals surface area (Å²) in [6.07, 6.45) is 3.51. The van der Waals surface area contributed by atoms with Crippen molar-refractivity contribution in [3.8, 4) is 0 Å². The van der Waals surface area contributed by atoms with Crippen LogP contribution in [0.2, 0.25) is 0 Å². The molecule has 2 aliphatic rings. The molecule has 1 fully saturated rings. The fourth-order valence-electron chi connectivity index (χ4n) is 3.98. The maximum atomic E-state index is 13.0. The molecule has 1 atom stereocenters. The van der Waals surface area contributed by atoms with Crippen molar-refractivity contribution in [2.45, 2.75) is 25.2 Å². The molecule has 1 spiro atoms. The normalized spacial score (nSPS) is 21.4. The number of ether oxygens (including phenoxy) is 1. The maximum absolute atomic E-state index is 13.0. The number of fused-ring (bicyclic) bond motifs is 2. The van der Waals surface area contributed by atoms with Gasteiger partial charge >= 0.3 is 5.69 Å². The van der Waals surface area contributed by atoms with Gasteiger partial charge in [0.1, 0.15) is 23.4 Å². The minimum absolute atomic E-state index is 0.0239. The molecule has 28 heavy (non-hydrogen) atoms. The van der Waals surface area contributed by atoms with Crippen molar-refractivity contribution in [2.24, 2.45) is 7.05 Å². The second-order valence-electron chi connectivity index (χ2n) is 7.26. The van der Waals surface area contributed by atoms with Crippen LogP contribution >= 0.6 is 0 Å². The summed E-state index contributed by atoms with van der Waals surface area (Å²) < 4.78 is 10.3. The number of carbonyl (C=O) groups excluding carboxylic acids is 1. The van der Waals surface area contributed by atoms with Gasteiger partial charge < -0.3 is 9.64 Å². The molecule has 1 unspecified atom stereocenters. The first-order valence-corrected chi connectivity index (χ1v) is 9.00. The highest BCUT2D eigenvalue weighted by atomic mass is 16.5. The summed E-state index contributed by atoms with van der Waals surface area (Å²) in [5, 5.41) is 4.16. The molecule has 1 saturated heterocycles. The molecule has 144 valence electrons. The third-order valence-corrected chi connectivity index (χ3v) is 5.49. The summed E-state index contributed by atoms with van der Waals surface area (Å²) in [5.41, 5.74) is -0.723. The highest BCUT2D eigenvalue weighted by Gasteiger charge is 2.45. The highest BCUT2D eigenvalue weighted by molar-refractivity contribution is 5.94. The van der Waals surface area contributed by atoms with Gasteiger partial charge in [-0.15, -0.1) is 0 Å². The average molecular weight is 382 g/mol. The largest absolute Gasteiger partial charge is 0.363 e. The number of aromatic nitrogens is 5. The van der Waals surface area contributed by atoms with E-state index in [1.54, 1.807) is 40.9 Å². The third kappa shape index (κ3) is 2.41. The zero-order chi connectivity index (χ0) is 19.5. The van der Waals surface area contributed by atoms with Crippen molar-refractivity contribution in [1.82, 2.24) is 28.6 Å². The molecule has 3 aromatic rings. The molecule has 10 heteroatoms. The molecule has 0 bridgehead atoms. The highest BCUT2D eigenvalue weighted by Crippen LogP contribution is 2.31. The fourth-order valence-corrected chi connectivity index (χ4v) is 3.98. The number of hydrogen-bond acceptors (Lipinski definition) is 6. The SMILES string of the molecule is Cn1nc2n(c1=O)CC1(CCN(C(=O)c3cnc4ccccn4c3=O)C1)OC2. The summed E-state index contributed by atoms with van der Waals surface area (Å²) in [6, 6.07) is 5.20. The quantitative estimate of drug-likeness (QED) is 0.557. The molecule has 3 aromatic heterocycles. The molecule has 0 aromatic carbocycles. The van der Waals surface area contributed by atoms with Gasteiger partial charge in [-0.05, 0) is 18.6 Å². The number of likely N-dealkylation sites (tertiary alicyclic amines) is 1. The van der Waals surface area contributed by atoms with Crippen LogP contribution in [0.25, 0.3) is 5.65 Å². The molecule has 0 aliphatic carbocycles. The van der Waals surface area contributed by atoms with Crippen LogP contribution in [0.3, 0.4) is 0 Å². The van der Waals surface area contributed by atoms with E-state index in [4.69, 9.17) is 4.74 Å². The number of hydrogen-bond donors (Lipinski definition) is 0. The lowest BCUT2D eigenvalue weighted by molar-refractivity contribution is -0.0816. The van der Waals surface area contributed by atoms with E-state index in [0.29, 0.717) is 37.5 Å². The molecule has 5 rings (SSSR count). The molecular weight excluding hydrogens is 364 g/mol. The standard InChI is InChI=1S/C18H18N6O4/c1-21-17(27)24-11-18(28-9-14(24)20-21)5-7-22(10-18)15(25)12-8-19-13-4-2-3-6-23(13)16(12)26/h2-4,6,8H,5,7,9-11H2,1H3. The van der Waals surface area contributed by atoms with Crippen molar-refractivity contribution in [3.63, 3.8) is 0 Å². The van der Waals surface area contributed by atoms with Gasteiger partial charge in [0.05, 0.1) is 13.1 Å². The Bertz CT molecular complexity index is 1220. The number of aryl methyl sites for hydroxylation is 1. The number of amides is 1. The van der Waals surface area contributed by atoms with Gasteiger partial charge in [-0.3, -0.25) is 18.6 Å². The zero-order valence-corrected chi connectivity index (χ0v) is 15.2. The van der Waals surface area contributed by atoms with Gasteiger partial charge in [0, 0.05) is 26.0 Å². The van der Waals surface area contributed by atoms with E-state index in [2.05, 4.69) is 10.1 Å². The van der Waals surface area contributed by atoms with Crippen molar-refractivity contribution < 1.29 is 9.53 Å². The summed E-state index contributed by atoms with van der Waals surface area (Å²) in [5.74, 6) is 0.209. The third-order valence-electron chi connectivity index (χ3n) is 5.49. The minimum Gasteiger partial charge on any atom is -0.363 e. The van der Waals surface area contributed by atoms with E-state index < -0.39 is 11.2 Å². The van der Waals surface area contributed by atoms with Crippen molar-refractivity contribution in [3.05, 3.63) is 62.8 Å². The van der Waals surface area contributed by atoms with Gasteiger partial charge in [-0.1, -0.05) is 6.07 Å². The monoisotopic (exact) mass is 382 g/mol. The number of carbonyl (C=O) groups is 1. The van der Waals surface area contributed by atoms with E-state index >= 15 is 0 Å². The van der Waals surface area contributed by atoms with Crippen LogP contribution in [-0.4, -0.2) is 53.2 Å². The Morgan fingerprint density at radius 1 is 1.25 bits per heavy atom. The second-order valence-corrected chi connectivity index (χ2v) is 7.26. The Hall–Kier alpha value is -3.27. The van der Waals surface area contributed by atoms with E-state index in [9.17, 15) is 14.4 Å². The lowest BCUT2D eigenvalue weighted by Crippen LogP contribution is -2.47. The summed E-state index contributed by atoms with van der Waals surface area (Å²) in [6.45, 7) is 1.32. The first-order valence-electron chi connectivity index (χ1n) is 9.00. The van der Waals surface area contributed by atoms with Crippen LogP contribution in [0.1, 0.15) is 22.6 Å². The van der Waals surface area contributed by atoms with Crippen LogP contribution in [0, 0.1) is 0 Å². The minimum atomic E-state index is -0.643. The number of pyridine rings is 1. The van der Waals surface area contributed by atoms with Gasteiger partial charge in [-0.2, -0.15) is 5.10 Å². The Morgan fingerprint density at radius 3 is 2.96 bits per heavy atom. The molecular formula is C18H18N6O4. The molecule has 0 radical (unpaired) electrons. The number of nitrogens with zero attached hydrogens (tertiary/aromatic N) is 6. The maximum Gasteiger partial charge on any atom is 0.345 e. The van der Waals surface area contributed by atoms with E-state index in [-0.39, 0.29) is 23.8 Å². The molecule has 5 heterocycles. The van der Waals surface area contributed by atoms with Crippen LogP contribution in [0.15, 0.2) is 40.2 Å². The van der Waals surface area contributed by atoms with Crippen LogP contribution in [0.5, 0.6) is 0 Å². The van der Waals surface area contributed by atoms with Gasteiger partial charge in [0.2, 0.25) is 0 Å². The smallest absolute Gasteiger partial charge is 0.345 e. The van der Waals surface area contributed by atoms with Gasteiger partial charge in [0.15, 0.2) is 5.82 Å². The van der Waals surface area contributed by atoms with Gasteiger partial charge in [0.25, 0.3) is 11.5 Å². The molecule has 2 aliphatic heterocycles. The van der Waals surface area contributed by atoms with Crippen molar-refractivity contribution in [2.75, 3.05) is 13.1 Å². The Kier molecular flexibility index (Phi) is 3.53. The van der Waals surface area contributed by atoms with Crippen LogP contribution in [-0.2, 0) is 24.9 Å². The molecule has 10 nitrogen and oxygen atoms in total. The average Bonchev–Trinajstić information content (AvgIpc) is 3.24. The number of rotatable bonds is 1. The lowest BCUT2D eigenvalue weighted by atomic mass is 10.0. The Morgan fingerprint density at radius 2 is 2.11 bits per heavy atom. The summed E-state index contributed by atoms with van der Waals surface area (Å²) >= 11 is 0. The fraction of sp³-hybridized carbons (Fsp3) is 0.389. The summed E-state index contributed by atoms with van der Waals surface area (Å²) in [7, 11) is 1.60. The zero-order valence-electron chi connectivity index (χ0n) is 15.2. The van der Waals surface area contributed by atoms with Gasteiger partial charge in [-0.25, -0.2) is 14.5 Å². The van der Waals surface area contributed by atoms with Crippen molar-refractivity contribution >= 4 is 11.6 Å². The topological polar surface area (TPSA) is 104 Å². The predicted molar refractivity (Wildman–Crippen MR) is 97.0 cm³/mol. The van der Waals surface area contributed by atoms with Crippen LogP contribution in [0.4, 0.5) is 0 Å². The molecule has 0 N–H and O–H groups in total. The van der Waals surface area contributed by atoms with E-state index in [1.165, 1.54) is 15.3 Å². The first-order chi connectivity index (χ1) is 13.5. The predicted octanol–water partition coefficient (Wildman–Crippen LogP) is -0.595. The summed E-state index contributed by atoms with van der Waals surface area (Å²) in [4.78, 5) is 43.7. The molecule has 1 amide bonds. The second kappa shape index (κ2) is 5.86. The van der Waals surface area contributed by atoms with E-state index in [0.717, 1.165) is 0 Å². The van der Waals surface area contributed by atoms with E-state index in [1.807, 2.05) is 0 Å². The first kappa shape index (κ1) is 16.9. The molecule has 0 saturated carbocycles. The van der Waals surface area contributed by atoms with Crippen molar-refractivity contribution in [1.29, 1.82) is 0 Å². The Balaban J connectivity index is 1.43. The Labute approximate surface area is 158 Å². The lowest BCUT2D eigenvalue weighted by Gasteiger charge is -2.33. The van der Waals surface area contributed by atoms with Crippen LogP contribution < -0.4 is 11.2 Å².